The molecule has 62 valence electrons. The van der Waals surface area contributed by atoms with Crippen LogP contribution in [0.1, 0.15) is 27.2 Å². The van der Waals surface area contributed by atoms with E-state index in [1.54, 1.807) is 0 Å². The maximum absolute atomic E-state index is 7.37. The average Bonchev–Trinajstić information content (AvgIpc) is 2.61. The van der Waals surface area contributed by atoms with Crippen molar-refractivity contribution in [3.05, 3.63) is 11.8 Å². The minimum absolute atomic E-state index is 0.505. The number of nitrogens with one attached hydrogen (secondary N) is 2. The van der Waals surface area contributed by atoms with E-state index in [1.807, 2.05) is 13.1 Å². The van der Waals surface area contributed by atoms with Crippen molar-refractivity contribution in [3.63, 3.8) is 0 Å². The molecule has 11 heavy (non-hydrogen) atoms. The lowest BCUT2D eigenvalue weighted by Gasteiger charge is -1.98. The fourth-order valence-corrected chi connectivity index (χ4v) is 1.13. The summed E-state index contributed by atoms with van der Waals surface area (Å²) in [5, 5.41) is 10.7. The second-order valence-electron chi connectivity index (χ2n) is 3.52. The van der Waals surface area contributed by atoms with Crippen LogP contribution in [0.4, 0.5) is 0 Å². The van der Waals surface area contributed by atoms with Gasteiger partial charge >= 0.3 is 0 Å². The lowest BCUT2D eigenvalue weighted by molar-refractivity contribution is 0.822. The van der Waals surface area contributed by atoms with Crippen molar-refractivity contribution in [3.8, 4) is 0 Å². The van der Waals surface area contributed by atoms with Gasteiger partial charge in [0, 0.05) is 17.7 Å². The molecule has 1 aliphatic rings. The van der Waals surface area contributed by atoms with Crippen LogP contribution < -0.4 is 5.32 Å². The third kappa shape index (κ3) is 2.37. The number of rotatable bonds is 3. The van der Waals surface area contributed by atoms with E-state index in [1.165, 1.54) is 5.57 Å². The van der Waals surface area contributed by atoms with E-state index in [0.29, 0.717) is 12.0 Å². The van der Waals surface area contributed by atoms with Gasteiger partial charge in [-0.2, -0.15) is 0 Å². The van der Waals surface area contributed by atoms with Crippen LogP contribution in [0.5, 0.6) is 0 Å². The Kier molecular flexibility index (Phi) is 2.32. The highest BCUT2D eigenvalue weighted by Gasteiger charge is 2.37. The van der Waals surface area contributed by atoms with Crippen molar-refractivity contribution in [1.29, 1.82) is 5.41 Å². The summed E-state index contributed by atoms with van der Waals surface area (Å²) in [5.74, 6) is 0.505. The minimum Gasteiger partial charge on any atom is -0.388 e. The van der Waals surface area contributed by atoms with Gasteiger partial charge in [0.05, 0.1) is 0 Å². The molecule has 0 spiro atoms. The molecule has 0 aromatic carbocycles. The summed E-state index contributed by atoms with van der Waals surface area (Å²) in [6.45, 7) is 6.03. The first-order valence-corrected chi connectivity index (χ1v) is 4.05. The molecular weight excluding hydrogens is 136 g/mol. The molecule has 1 saturated carbocycles. The van der Waals surface area contributed by atoms with Gasteiger partial charge in [0.25, 0.3) is 0 Å². The topological polar surface area (TPSA) is 35.9 Å². The molecule has 0 aliphatic heterocycles. The SMILES string of the molecule is CC(=N)[C@@H]1CC1NC=C(C)C. The summed E-state index contributed by atoms with van der Waals surface area (Å²) in [5.41, 5.74) is 2.10. The van der Waals surface area contributed by atoms with Crippen LogP contribution >= 0.6 is 0 Å². The zero-order valence-corrected chi connectivity index (χ0v) is 7.44. The van der Waals surface area contributed by atoms with E-state index in [2.05, 4.69) is 19.2 Å². The maximum atomic E-state index is 7.37. The van der Waals surface area contributed by atoms with Crippen molar-refractivity contribution >= 4 is 5.71 Å². The summed E-state index contributed by atoms with van der Waals surface area (Å²) in [4.78, 5) is 0. The monoisotopic (exact) mass is 152 g/mol. The van der Waals surface area contributed by atoms with Gasteiger partial charge in [-0.15, -0.1) is 0 Å². The normalized spacial score (nSPS) is 27.5. The first-order valence-electron chi connectivity index (χ1n) is 4.05. The molecule has 0 saturated heterocycles. The molecule has 0 amide bonds. The van der Waals surface area contributed by atoms with Crippen LogP contribution in [-0.4, -0.2) is 11.8 Å². The van der Waals surface area contributed by atoms with Crippen LogP contribution in [0, 0.1) is 11.3 Å². The van der Waals surface area contributed by atoms with Crippen molar-refractivity contribution in [2.24, 2.45) is 5.92 Å². The zero-order valence-electron chi connectivity index (χ0n) is 7.44. The predicted molar refractivity (Wildman–Crippen MR) is 47.9 cm³/mol. The molecule has 0 radical (unpaired) electrons. The van der Waals surface area contributed by atoms with Crippen LogP contribution in [0.2, 0.25) is 0 Å². The quantitative estimate of drug-likeness (QED) is 0.595. The van der Waals surface area contributed by atoms with E-state index in [9.17, 15) is 0 Å². The molecule has 1 fully saturated rings. The van der Waals surface area contributed by atoms with E-state index >= 15 is 0 Å². The summed E-state index contributed by atoms with van der Waals surface area (Å²) in [6, 6.07) is 0.544. The van der Waals surface area contributed by atoms with Crippen molar-refractivity contribution in [1.82, 2.24) is 5.32 Å². The highest BCUT2D eigenvalue weighted by molar-refractivity contribution is 5.84. The largest absolute Gasteiger partial charge is 0.388 e. The fraction of sp³-hybridized carbons (Fsp3) is 0.667. The van der Waals surface area contributed by atoms with Gasteiger partial charge < -0.3 is 10.7 Å². The highest BCUT2D eigenvalue weighted by atomic mass is 15.0. The molecular formula is C9H16N2. The van der Waals surface area contributed by atoms with Gasteiger partial charge in [-0.25, -0.2) is 0 Å². The Morgan fingerprint density at radius 1 is 1.45 bits per heavy atom. The molecule has 1 aliphatic carbocycles. The van der Waals surface area contributed by atoms with Crippen LogP contribution in [0.3, 0.4) is 0 Å². The molecule has 0 heterocycles. The Hall–Kier alpha value is -0.790. The maximum Gasteiger partial charge on any atom is 0.0343 e. The second-order valence-corrected chi connectivity index (χ2v) is 3.52. The Morgan fingerprint density at radius 3 is 2.45 bits per heavy atom. The van der Waals surface area contributed by atoms with Gasteiger partial charge in [-0.3, -0.25) is 0 Å². The van der Waals surface area contributed by atoms with Gasteiger partial charge in [-0.05, 0) is 33.4 Å². The first-order chi connectivity index (χ1) is 5.11. The average molecular weight is 152 g/mol. The van der Waals surface area contributed by atoms with Crippen molar-refractivity contribution in [2.75, 3.05) is 0 Å². The third-order valence-electron chi connectivity index (χ3n) is 1.93. The highest BCUT2D eigenvalue weighted by Crippen LogP contribution is 2.31. The Morgan fingerprint density at radius 2 is 2.09 bits per heavy atom. The predicted octanol–water partition coefficient (Wildman–Crippen LogP) is 1.93. The molecule has 2 heteroatoms. The minimum atomic E-state index is 0.505. The fourth-order valence-electron chi connectivity index (χ4n) is 1.13. The second kappa shape index (κ2) is 3.07. The molecule has 0 aromatic rings. The van der Waals surface area contributed by atoms with E-state index in [-0.39, 0.29) is 0 Å². The van der Waals surface area contributed by atoms with Gasteiger partial charge in [0.2, 0.25) is 0 Å². The van der Waals surface area contributed by atoms with Gasteiger partial charge in [0.1, 0.15) is 0 Å². The van der Waals surface area contributed by atoms with Crippen LogP contribution in [0.25, 0.3) is 0 Å². The molecule has 2 nitrogen and oxygen atoms in total. The van der Waals surface area contributed by atoms with E-state index in [0.717, 1.165) is 12.1 Å². The Balaban J connectivity index is 2.24. The van der Waals surface area contributed by atoms with Crippen molar-refractivity contribution < 1.29 is 0 Å². The molecule has 1 unspecified atom stereocenters. The van der Waals surface area contributed by atoms with E-state index in [4.69, 9.17) is 5.41 Å². The standard InChI is InChI=1S/C9H16N2/c1-6(2)5-11-9-4-8(9)7(3)10/h5,8-11H,4H2,1-3H3/t8-,9?/m0/s1. The van der Waals surface area contributed by atoms with Crippen molar-refractivity contribution in [2.45, 2.75) is 33.2 Å². The Labute approximate surface area is 68.2 Å². The Bertz CT molecular complexity index is 190. The zero-order chi connectivity index (χ0) is 8.43. The summed E-state index contributed by atoms with van der Waals surface area (Å²) >= 11 is 0. The molecule has 2 atom stereocenters. The molecule has 0 aromatic heterocycles. The van der Waals surface area contributed by atoms with Crippen LogP contribution in [-0.2, 0) is 0 Å². The van der Waals surface area contributed by atoms with E-state index < -0.39 is 0 Å². The lowest BCUT2D eigenvalue weighted by Crippen LogP contribution is -2.13. The van der Waals surface area contributed by atoms with Gasteiger partial charge in [0.15, 0.2) is 0 Å². The summed E-state index contributed by atoms with van der Waals surface area (Å²) in [7, 11) is 0. The molecule has 1 rings (SSSR count). The van der Waals surface area contributed by atoms with Gasteiger partial charge in [-0.1, -0.05) is 5.57 Å². The molecule has 0 bridgehead atoms. The molecule has 2 N–H and O–H groups in total. The number of allylic oxidation sites excluding steroid dienone is 1. The first kappa shape index (κ1) is 8.31. The summed E-state index contributed by atoms with van der Waals surface area (Å²) < 4.78 is 0. The lowest BCUT2D eigenvalue weighted by atomic mass is 10.3. The number of hydrogen-bond donors (Lipinski definition) is 2. The number of hydrogen-bond acceptors (Lipinski definition) is 2. The smallest absolute Gasteiger partial charge is 0.0343 e. The van der Waals surface area contributed by atoms with Crippen LogP contribution in [0.15, 0.2) is 11.8 Å². The summed E-state index contributed by atoms with van der Waals surface area (Å²) in [6.07, 6.45) is 3.17. The third-order valence-corrected chi connectivity index (χ3v) is 1.93.